The summed E-state index contributed by atoms with van der Waals surface area (Å²) in [4.78, 5) is 31.4. The molecular weight excluding hydrogens is 407 g/mol. The van der Waals surface area contributed by atoms with Crippen LogP contribution in [0, 0.1) is 5.82 Å². The Kier molecular flexibility index (Phi) is 8.76. The zero-order valence-corrected chi connectivity index (χ0v) is 18.8. The zero-order chi connectivity index (χ0) is 22.9. The van der Waals surface area contributed by atoms with Crippen molar-refractivity contribution in [2.45, 2.75) is 39.3 Å². The van der Waals surface area contributed by atoms with Crippen molar-refractivity contribution in [1.82, 2.24) is 9.80 Å². The summed E-state index contributed by atoms with van der Waals surface area (Å²) in [5.41, 5.74) is 8.48. The standard InChI is InChI=1S/C25H33FN4O2/c1-20(31)30-15-5-14-28(18-21-9-11-23(26)12-10-21)16-17-29(25(32)8-4-13-27)19-22-6-2-3-7-24(22)30/h2-3,6-7,9-12H,4-5,8,13-19,27H2,1H3. The maximum Gasteiger partial charge on any atom is 0.223 e. The normalized spacial score (nSPS) is 15.7. The number of nitrogens with zero attached hydrogens (tertiary/aromatic N) is 3. The molecule has 172 valence electrons. The van der Waals surface area contributed by atoms with E-state index >= 15 is 0 Å². The molecule has 0 radical (unpaired) electrons. The Hall–Kier alpha value is -2.77. The van der Waals surface area contributed by atoms with Crippen molar-refractivity contribution in [3.8, 4) is 0 Å². The number of para-hydroxylation sites is 1. The molecule has 32 heavy (non-hydrogen) atoms. The molecule has 0 saturated heterocycles. The van der Waals surface area contributed by atoms with Crippen LogP contribution in [0.3, 0.4) is 0 Å². The number of anilines is 1. The number of fused-ring (bicyclic) bond motifs is 1. The van der Waals surface area contributed by atoms with Gasteiger partial charge in [0.05, 0.1) is 0 Å². The van der Waals surface area contributed by atoms with Gasteiger partial charge in [0.1, 0.15) is 5.82 Å². The predicted molar refractivity (Wildman–Crippen MR) is 124 cm³/mol. The Bertz CT molecular complexity index is 903. The minimum Gasteiger partial charge on any atom is -0.337 e. The Balaban J connectivity index is 1.86. The molecule has 1 aliphatic heterocycles. The molecule has 0 bridgehead atoms. The second kappa shape index (κ2) is 11.7. The van der Waals surface area contributed by atoms with Crippen molar-refractivity contribution in [1.29, 1.82) is 0 Å². The van der Waals surface area contributed by atoms with Crippen LogP contribution in [0.1, 0.15) is 37.3 Å². The third-order valence-electron chi connectivity index (χ3n) is 5.83. The van der Waals surface area contributed by atoms with Crippen molar-refractivity contribution in [3.63, 3.8) is 0 Å². The molecule has 0 aromatic heterocycles. The van der Waals surface area contributed by atoms with E-state index in [1.807, 2.05) is 29.2 Å². The minimum atomic E-state index is -0.252. The van der Waals surface area contributed by atoms with Crippen LogP contribution < -0.4 is 10.6 Å². The first kappa shape index (κ1) is 23.9. The molecule has 1 aliphatic rings. The molecule has 0 unspecified atom stereocenters. The molecule has 0 atom stereocenters. The highest BCUT2D eigenvalue weighted by Gasteiger charge is 2.22. The first-order valence-electron chi connectivity index (χ1n) is 11.3. The van der Waals surface area contributed by atoms with Gasteiger partial charge >= 0.3 is 0 Å². The van der Waals surface area contributed by atoms with Gasteiger partial charge in [0.25, 0.3) is 0 Å². The summed E-state index contributed by atoms with van der Waals surface area (Å²) in [6.45, 7) is 5.84. The first-order valence-corrected chi connectivity index (χ1v) is 11.3. The van der Waals surface area contributed by atoms with Gasteiger partial charge in [-0.3, -0.25) is 14.5 Å². The third kappa shape index (κ3) is 6.61. The van der Waals surface area contributed by atoms with Crippen LogP contribution >= 0.6 is 0 Å². The van der Waals surface area contributed by atoms with Gasteiger partial charge in [-0.05, 0) is 48.7 Å². The quantitative estimate of drug-likeness (QED) is 0.776. The van der Waals surface area contributed by atoms with Crippen molar-refractivity contribution >= 4 is 17.5 Å². The number of halogens is 1. The van der Waals surface area contributed by atoms with Crippen LogP contribution in [0.2, 0.25) is 0 Å². The lowest BCUT2D eigenvalue weighted by atomic mass is 10.1. The maximum absolute atomic E-state index is 13.3. The molecule has 6 nitrogen and oxygen atoms in total. The van der Waals surface area contributed by atoms with Crippen LogP contribution in [0.25, 0.3) is 0 Å². The number of carbonyl (C=O) groups excluding carboxylic acids is 2. The van der Waals surface area contributed by atoms with E-state index in [1.54, 1.807) is 24.0 Å². The number of amides is 2. The number of hydrogen-bond donors (Lipinski definition) is 1. The Morgan fingerprint density at radius 1 is 1.00 bits per heavy atom. The average Bonchev–Trinajstić information content (AvgIpc) is 2.82. The third-order valence-corrected chi connectivity index (χ3v) is 5.83. The highest BCUT2D eigenvalue weighted by Crippen LogP contribution is 2.24. The molecular formula is C25H33FN4O2. The lowest BCUT2D eigenvalue weighted by Crippen LogP contribution is -2.38. The summed E-state index contributed by atoms with van der Waals surface area (Å²) in [6.07, 6.45) is 1.86. The zero-order valence-electron chi connectivity index (χ0n) is 18.8. The van der Waals surface area contributed by atoms with Gasteiger partial charge in [0.15, 0.2) is 0 Å². The number of benzene rings is 2. The number of rotatable bonds is 5. The largest absolute Gasteiger partial charge is 0.337 e. The van der Waals surface area contributed by atoms with Gasteiger partial charge < -0.3 is 15.5 Å². The fourth-order valence-corrected chi connectivity index (χ4v) is 4.10. The molecule has 2 aromatic rings. The Morgan fingerprint density at radius 2 is 1.75 bits per heavy atom. The summed E-state index contributed by atoms with van der Waals surface area (Å²) in [7, 11) is 0. The molecule has 1 heterocycles. The van der Waals surface area contributed by atoms with Crippen LogP contribution in [0.15, 0.2) is 48.5 Å². The van der Waals surface area contributed by atoms with Gasteiger partial charge in [-0.1, -0.05) is 30.3 Å². The monoisotopic (exact) mass is 440 g/mol. The minimum absolute atomic E-state index is 0.0113. The lowest BCUT2D eigenvalue weighted by molar-refractivity contribution is -0.132. The van der Waals surface area contributed by atoms with Gasteiger partial charge in [0, 0.05) is 58.3 Å². The van der Waals surface area contributed by atoms with Gasteiger partial charge in [0.2, 0.25) is 11.8 Å². The molecule has 0 saturated carbocycles. The molecule has 2 N–H and O–H groups in total. The van der Waals surface area contributed by atoms with Crippen LogP contribution in [0.4, 0.5) is 10.1 Å². The predicted octanol–water partition coefficient (Wildman–Crippen LogP) is 3.15. The molecule has 0 fully saturated rings. The van der Waals surface area contributed by atoms with Gasteiger partial charge in [-0.15, -0.1) is 0 Å². The molecule has 0 spiro atoms. The molecule has 3 rings (SSSR count). The van der Waals surface area contributed by atoms with Crippen LogP contribution in [-0.2, 0) is 22.7 Å². The number of nitrogens with two attached hydrogens (primary N) is 1. The van der Waals surface area contributed by atoms with Crippen molar-refractivity contribution in [2.75, 3.05) is 37.6 Å². The lowest BCUT2D eigenvalue weighted by Gasteiger charge is -2.28. The van der Waals surface area contributed by atoms with E-state index in [9.17, 15) is 14.0 Å². The SMILES string of the molecule is CC(=O)N1CCCN(Cc2ccc(F)cc2)CCN(C(=O)CCCN)Cc2ccccc21. The van der Waals surface area contributed by atoms with Crippen LogP contribution in [0.5, 0.6) is 0 Å². The molecule has 2 aromatic carbocycles. The smallest absolute Gasteiger partial charge is 0.223 e. The van der Waals surface area contributed by atoms with Crippen molar-refractivity contribution in [2.24, 2.45) is 5.73 Å². The van der Waals surface area contributed by atoms with E-state index in [4.69, 9.17) is 5.73 Å². The number of carbonyl (C=O) groups is 2. The summed E-state index contributed by atoms with van der Waals surface area (Å²) in [5, 5.41) is 0. The summed E-state index contributed by atoms with van der Waals surface area (Å²) >= 11 is 0. The maximum atomic E-state index is 13.3. The van der Waals surface area contributed by atoms with E-state index in [2.05, 4.69) is 4.90 Å². The van der Waals surface area contributed by atoms with E-state index < -0.39 is 0 Å². The van der Waals surface area contributed by atoms with E-state index in [0.717, 1.165) is 29.8 Å². The van der Waals surface area contributed by atoms with Gasteiger partial charge in [-0.2, -0.15) is 0 Å². The fourth-order valence-electron chi connectivity index (χ4n) is 4.10. The topological polar surface area (TPSA) is 69.9 Å². The summed E-state index contributed by atoms with van der Waals surface area (Å²) in [6, 6.07) is 14.3. The highest BCUT2D eigenvalue weighted by atomic mass is 19.1. The second-order valence-electron chi connectivity index (χ2n) is 8.26. The van der Waals surface area contributed by atoms with Crippen molar-refractivity contribution < 1.29 is 14.0 Å². The van der Waals surface area contributed by atoms with Crippen LogP contribution in [-0.4, -0.2) is 54.3 Å². The summed E-state index contributed by atoms with van der Waals surface area (Å²) in [5.74, 6) is -0.193. The fraction of sp³-hybridized carbons (Fsp3) is 0.440. The number of hydrogen-bond acceptors (Lipinski definition) is 4. The average molecular weight is 441 g/mol. The van der Waals surface area contributed by atoms with E-state index in [-0.39, 0.29) is 17.6 Å². The molecule has 7 heteroatoms. The van der Waals surface area contributed by atoms with Crippen molar-refractivity contribution in [3.05, 3.63) is 65.5 Å². The van der Waals surface area contributed by atoms with Gasteiger partial charge in [-0.25, -0.2) is 4.39 Å². The summed E-state index contributed by atoms with van der Waals surface area (Å²) < 4.78 is 13.3. The highest BCUT2D eigenvalue weighted by molar-refractivity contribution is 5.92. The Labute approximate surface area is 189 Å². The first-order chi connectivity index (χ1) is 15.5. The molecule has 2 amide bonds. The van der Waals surface area contributed by atoms with E-state index in [1.165, 1.54) is 12.1 Å². The van der Waals surface area contributed by atoms with E-state index in [0.29, 0.717) is 52.1 Å². The second-order valence-corrected chi connectivity index (χ2v) is 8.26. The molecule has 0 aliphatic carbocycles. The Morgan fingerprint density at radius 3 is 2.47 bits per heavy atom.